The summed E-state index contributed by atoms with van der Waals surface area (Å²) in [5, 5.41) is 3.00. The largest absolute Gasteiger partial charge is 0.354 e. The van der Waals surface area contributed by atoms with Crippen molar-refractivity contribution in [2.45, 2.75) is 38.5 Å². The molecule has 0 amide bonds. The third-order valence-electron chi connectivity index (χ3n) is 1.79. The van der Waals surface area contributed by atoms with Gasteiger partial charge in [0.25, 0.3) is 6.43 Å². The highest BCUT2D eigenvalue weighted by atomic mass is 19.3. The second kappa shape index (κ2) is 3.97. The Hall–Kier alpha value is -0.220. The molecule has 2 nitrogen and oxygen atoms in total. The van der Waals surface area contributed by atoms with Gasteiger partial charge in [-0.25, -0.2) is 8.78 Å². The lowest BCUT2D eigenvalue weighted by Gasteiger charge is -2.29. The fourth-order valence-corrected chi connectivity index (χ4v) is 1.14. The van der Waals surface area contributed by atoms with Crippen LogP contribution in [0.25, 0.3) is 0 Å². The molecule has 0 aromatic heterocycles. The fraction of sp³-hybridized carbons (Fsp3) is 1.00. The maximum atomic E-state index is 12.1. The Kier molecular flexibility index (Phi) is 3.20. The first-order valence-electron chi connectivity index (χ1n) is 3.91. The summed E-state index contributed by atoms with van der Waals surface area (Å²) in [5.41, 5.74) is 0. The highest BCUT2D eigenvalue weighted by Gasteiger charge is 2.27. The second-order valence-electron chi connectivity index (χ2n) is 2.65. The Morgan fingerprint density at radius 1 is 1.64 bits per heavy atom. The van der Waals surface area contributed by atoms with Gasteiger partial charge in [0.15, 0.2) is 0 Å². The summed E-state index contributed by atoms with van der Waals surface area (Å²) < 4.78 is 29.2. The maximum absolute atomic E-state index is 12.1. The normalized spacial score (nSPS) is 32.7. The van der Waals surface area contributed by atoms with Gasteiger partial charge in [-0.15, -0.1) is 0 Å². The van der Waals surface area contributed by atoms with Crippen LogP contribution in [0.5, 0.6) is 0 Å². The first-order valence-corrected chi connectivity index (χ1v) is 3.91. The first-order chi connectivity index (χ1) is 5.24. The zero-order chi connectivity index (χ0) is 8.27. The standard InChI is InChI=1S/C7H13F2NO/c1-2-6-10-4-3-5(11-6)7(8)9/h5-7,10H,2-4H2,1H3. The third kappa shape index (κ3) is 2.38. The van der Waals surface area contributed by atoms with E-state index in [2.05, 4.69) is 5.32 Å². The van der Waals surface area contributed by atoms with Gasteiger partial charge in [-0.2, -0.15) is 0 Å². The second-order valence-corrected chi connectivity index (χ2v) is 2.65. The van der Waals surface area contributed by atoms with Crippen molar-refractivity contribution in [2.24, 2.45) is 0 Å². The minimum atomic E-state index is -2.34. The van der Waals surface area contributed by atoms with Crippen LogP contribution < -0.4 is 5.32 Å². The average molecular weight is 165 g/mol. The maximum Gasteiger partial charge on any atom is 0.264 e. The number of hydrogen-bond donors (Lipinski definition) is 1. The van der Waals surface area contributed by atoms with Crippen LogP contribution in [-0.2, 0) is 4.74 Å². The molecule has 1 heterocycles. The van der Waals surface area contributed by atoms with Crippen LogP contribution in [0, 0.1) is 0 Å². The van der Waals surface area contributed by atoms with Crippen LogP contribution in [0.4, 0.5) is 8.78 Å². The minimum absolute atomic E-state index is 0.178. The highest BCUT2D eigenvalue weighted by Crippen LogP contribution is 2.15. The van der Waals surface area contributed by atoms with Crippen molar-refractivity contribution in [2.75, 3.05) is 6.54 Å². The highest BCUT2D eigenvalue weighted by molar-refractivity contribution is 4.70. The van der Waals surface area contributed by atoms with Gasteiger partial charge in [0.1, 0.15) is 12.3 Å². The van der Waals surface area contributed by atoms with Gasteiger partial charge < -0.3 is 4.74 Å². The molecular formula is C7H13F2NO. The molecule has 1 saturated heterocycles. The zero-order valence-electron chi connectivity index (χ0n) is 6.52. The summed E-state index contributed by atoms with van der Waals surface area (Å²) >= 11 is 0. The van der Waals surface area contributed by atoms with Gasteiger partial charge in [-0.1, -0.05) is 6.92 Å². The Labute approximate surface area is 64.9 Å². The lowest BCUT2D eigenvalue weighted by atomic mass is 10.2. The zero-order valence-corrected chi connectivity index (χ0v) is 6.52. The number of nitrogens with one attached hydrogen (secondary N) is 1. The topological polar surface area (TPSA) is 21.3 Å². The van der Waals surface area contributed by atoms with Crippen molar-refractivity contribution in [3.05, 3.63) is 0 Å². The summed E-state index contributed by atoms with van der Waals surface area (Å²) in [4.78, 5) is 0. The monoisotopic (exact) mass is 165 g/mol. The molecule has 2 atom stereocenters. The molecule has 1 rings (SSSR count). The van der Waals surface area contributed by atoms with Crippen LogP contribution >= 0.6 is 0 Å². The van der Waals surface area contributed by atoms with Gasteiger partial charge in [0, 0.05) is 6.54 Å². The molecule has 4 heteroatoms. The van der Waals surface area contributed by atoms with E-state index in [1.54, 1.807) is 0 Å². The van der Waals surface area contributed by atoms with Crippen LogP contribution in [0.15, 0.2) is 0 Å². The molecule has 0 aromatic rings. The van der Waals surface area contributed by atoms with E-state index >= 15 is 0 Å². The van der Waals surface area contributed by atoms with E-state index in [0.29, 0.717) is 13.0 Å². The van der Waals surface area contributed by atoms with Gasteiger partial charge in [-0.05, 0) is 12.8 Å². The number of ether oxygens (including phenoxy) is 1. The van der Waals surface area contributed by atoms with Crippen LogP contribution in [0.1, 0.15) is 19.8 Å². The lowest BCUT2D eigenvalue weighted by molar-refractivity contribution is -0.125. The predicted molar refractivity (Wildman–Crippen MR) is 37.6 cm³/mol. The molecule has 2 unspecified atom stereocenters. The van der Waals surface area contributed by atoms with Crippen molar-refractivity contribution >= 4 is 0 Å². The van der Waals surface area contributed by atoms with Crippen molar-refractivity contribution in [1.82, 2.24) is 5.32 Å². The Balaban J connectivity index is 2.33. The molecule has 0 saturated carbocycles. The van der Waals surface area contributed by atoms with E-state index in [1.807, 2.05) is 6.92 Å². The quantitative estimate of drug-likeness (QED) is 0.667. The van der Waals surface area contributed by atoms with Crippen molar-refractivity contribution in [3.63, 3.8) is 0 Å². The van der Waals surface area contributed by atoms with Gasteiger partial charge in [0.05, 0.1) is 0 Å². The molecule has 0 radical (unpaired) electrons. The Morgan fingerprint density at radius 2 is 2.36 bits per heavy atom. The van der Waals surface area contributed by atoms with Crippen molar-refractivity contribution < 1.29 is 13.5 Å². The summed E-state index contributed by atoms with van der Waals surface area (Å²) in [6.07, 6.45) is -2.23. The van der Waals surface area contributed by atoms with E-state index in [4.69, 9.17) is 4.74 Å². The van der Waals surface area contributed by atoms with Crippen LogP contribution in [0.3, 0.4) is 0 Å². The van der Waals surface area contributed by atoms with E-state index in [9.17, 15) is 8.78 Å². The Morgan fingerprint density at radius 3 is 2.91 bits per heavy atom. The fourth-order valence-electron chi connectivity index (χ4n) is 1.14. The molecule has 0 bridgehead atoms. The Bertz CT molecular complexity index is 121. The van der Waals surface area contributed by atoms with E-state index < -0.39 is 12.5 Å². The number of halogens is 2. The molecule has 0 spiro atoms. The molecule has 66 valence electrons. The van der Waals surface area contributed by atoms with Crippen molar-refractivity contribution in [3.8, 4) is 0 Å². The molecule has 0 aliphatic carbocycles. The molecular weight excluding hydrogens is 152 g/mol. The molecule has 0 aromatic carbocycles. The lowest BCUT2D eigenvalue weighted by Crippen LogP contribution is -2.44. The molecule has 1 fully saturated rings. The summed E-state index contributed by atoms with van der Waals surface area (Å²) in [5.74, 6) is 0. The minimum Gasteiger partial charge on any atom is -0.354 e. The number of hydrogen-bond acceptors (Lipinski definition) is 2. The number of rotatable bonds is 2. The van der Waals surface area contributed by atoms with Gasteiger partial charge in [0.2, 0.25) is 0 Å². The summed E-state index contributed by atoms with van der Waals surface area (Å²) in [6.45, 7) is 2.54. The van der Waals surface area contributed by atoms with Crippen LogP contribution in [0.2, 0.25) is 0 Å². The first kappa shape index (κ1) is 8.87. The predicted octanol–water partition coefficient (Wildman–Crippen LogP) is 1.37. The average Bonchev–Trinajstić information content (AvgIpc) is 2.05. The molecule has 1 N–H and O–H groups in total. The molecule has 1 aliphatic rings. The van der Waals surface area contributed by atoms with E-state index in [-0.39, 0.29) is 6.23 Å². The summed E-state index contributed by atoms with van der Waals surface area (Å²) in [7, 11) is 0. The molecule has 1 aliphatic heterocycles. The van der Waals surface area contributed by atoms with Gasteiger partial charge in [-0.3, -0.25) is 5.32 Å². The van der Waals surface area contributed by atoms with Gasteiger partial charge >= 0.3 is 0 Å². The SMILES string of the molecule is CCC1NCCC(C(F)F)O1. The van der Waals surface area contributed by atoms with Crippen molar-refractivity contribution in [1.29, 1.82) is 0 Å². The van der Waals surface area contributed by atoms with Crippen LogP contribution in [-0.4, -0.2) is 25.3 Å². The number of alkyl halides is 2. The smallest absolute Gasteiger partial charge is 0.264 e. The van der Waals surface area contributed by atoms with E-state index in [0.717, 1.165) is 6.42 Å². The third-order valence-corrected chi connectivity index (χ3v) is 1.79. The van der Waals surface area contributed by atoms with E-state index in [1.165, 1.54) is 0 Å². The molecule has 11 heavy (non-hydrogen) atoms. The summed E-state index contributed by atoms with van der Waals surface area (Å²) in [6, 6.07) is 0.